The Labute approximate surface area is 168 Å². The number of anilines is 2. The summed E-state index contributed by atoms with van der Waals surface area (Å²) in [5.74, 6) is 0. The van der Waals surface area contributed by atoms with Crippen molar-refractivity contribution in [3.63, 3.8) is 0 Å². The van der Waals surface area contributed by atoms with Crippen molar-refractivity contribution in [3.8, 4) is 10.6 Å². The lowest BCUT2D eigenvalue weighted by molar-refractivity contribution is -0.136. The van der Waals surface area contributed by atoms with E-state index in [9.17, 15) is 18.0 Å². The van der Waals surface area contributed by atoms with Crippen LogP contribution in [0.15, 0.2) is 72.8 Å². The van der Waals surface area contributed by atoms with Crippen LogP contribution in [-0.4, -0.2) is 11.0 Å². The Bertz CT molecular complexity index is 1150. The number of amides is 2. The second kappa shape index (κ2) is 7.56. The number of hydrogen-bond acceptors (Lipinski definition) is 3. The van der Waals surface area contributed by atoms with Crippen molar-refractivity contribution in [2.75, 3.05) is 10.6 Å². The minimum absolute atomic E-state index is 0.306. The quantitative estimate of drug-likeness (QED) is 0.396. The average Bonchev–Trinajstić information content (AvgIpc) is 3.12. The summed E-state index contributed by atoms with van der Waals surface area (Å²) in [7, 11) is 0. The molecule has 8 heteroatoms. The Morgan fingerprint density at radius 3 is 2.45 bits per heavy atom. The Morgan fingerprint density at radius 1 is 0.897 bits per heavy atom. The Balaban J connectivity index is 1.53. The maximum atomic E-state index is 13.1. The first-order valence-electron chi connectivity index (χ1n) is 8.60. The first-order chi connectivity index (χ1) is 13.9. The van der Waals surface area contributed by atoms with Crippen LogP contribution in [0.1, 0.15) is 5.56 Å². The molecule has 4 aromatic rings. The van der Waals surface area contributed by atoms with E-state index in [-0.39, 0.29) is 5.69 Å². The molecule has 0 radical (unpaired) electrons. The minimum Gasteiger partial charge on any atom is -0.308 e. The number of carbonyl (C=O) groups is 1. The zero-order chi connectivity index (χ0) is 20.4. The monoisotopic (exact) mass is 413 g/mol. The molecule has 4 nitrogen and oxygen atoms in total. The number of aromatic nitrogens is 1. The number of alkyl halides is 3. The predicted octanol–water partition coefficient (Wildman–Crippen LogP) is 6.63. The third kappa shape index (κ3) is 4.22. The molecule has 0 saturated heterocycles. The van der Waals surface area contributed by atoms with E-state index in [0.717, 1.165) is 26.9 Å². The zero-order valence-corrected chi connectivity index (χ0v) is 15.6. The van der Waals surface area contributed by atoms with Crippen molar-refractivity contribution in [2.24, 2.45) is 0 Å². The molecule has 0 bridgehead atoms. The Kier molecular flexibility index (Phi) is 4.94. The average molecular weight is 413 g/mol. The van der Waals surface area contributed by atoms with Crippen molar-refractivity contribution < 1.29 is 18.0 Å². The number of carbonyl (C=O) groups excluding carboxylic acids is 1. The van der Waals surface area contributed by atoms with E-state index in [1.165, 1.54) is 29.5 Å². The number of benzene rings is 3. The second-order valence-corrected chi connectivity index (χ2v) is 7.22. The molecule has 29 heavy (non-hydrogen) atoms. The minimum atomic E-state index is -4.56. The van der Waals surface area contributed by atoms with E-state index < -0.39 is 17.8 Å². The highest BCUT2D eigenvalue weighted by Crippen LogP contribution is 2.35. The molecule has 3 aromatic carbocycles. The van der Waals surface area contributed by atoms with Gasteiger partial charge in [0.25, 0.3) is 0 Å². The summed E-state index contributed by atoms with van der Waals surface area (Å²) in [6, 6.07) is 18.8. The van der Waals surface area contributed by atoms with Gasteiger partial charge < -0.3 is 10.6 Å². The highest BCUT2D eigenvalue weighted by atomic mass is 32.1. The highest BCUT2D eigenvalue weighted by molar-refractivity contribution is 7.21. The number of nitrogens with one attached hydrogen (secondary N) is 2. The van der Waals surface area contributed by atoms with Gasteiger partial charge in [-0.1, -0.05) is 36.4 Å². The molecule has 0 spiro atoms. The van der Waals surface area contributed by atoms with Crippen molar-refractivity contribution >= 4 is 39.0 Å². The maximum Gasteiger partial charge on any atom is 0.418 e. The van der Waals surface area contributed by atoms with E-state index in [1.807, 2.05) is 30.3 Å². The van der Waals surface area contributed by atoms with Crippen molar-refractivity contribution in [1.82, 2.24) is 4.98 Å². The fraction of sp³-hybridized carbons (Fsp3) is 0.0476. The molecular weight excluding hydrogens is 399 g/mol. The van der Waals surface area contributed by atoms with Crippen LogP contribution in [0.4, 0.5) is 29.3 Å². The van der Waals surface area contributed by atoms with E-state index in [1.54, 1.807) is 18.2 Å². The third-order valence-electron chi connectivity index (χ3n) is 4.14. The Hall–Kier alpha value is -3.39. The van der Waals surface area contributed by atoms with E-state index in [0.29, 0.717) is 5.69 Å². The molecule has 0 atom stereocenters. The van der Waals surface area contributed by atoms with Crippen molar-refractivity contribution in [2.45, 2.75) is 6.18 Å². The van der Waals surface area contributed by atoms with Gasteiger partial charge in [0.05, 0.1) is 21.5 Å². The van der Waals surface area contributed by atoms with Gasteiger partial charge in [0.15, 0.2) is 0 Å². The number of fused-ring (bicyclic) bond motifs is 1. The van der Waals surface area contributed by atoms with Crippen LogP contribution in [0.5, 0.6) is 0 Å². The zero-order valence-electron chi connectivity index (χ0n) is 14.8. The largest absolute Gasteiger partial charge is 0.418 e. The summed E-state index contributed by atoms with van der Waals surface area (Å²) >= 11 is 1.52. The summed E-state index contributed by atoms with van der Waals surface area (Å²) in [6.07, 6.45) is -4.56. The third-order valence-corrected chi connectivity index (χ3v) is 5.23. The second-order valence-electron chi connectivity index (χ2n) is 6.19. The van der Waals surface area contributed by atoms with Gasteiger partial charge in [0, 0.05) is 11.3 Å². The van der Waals surface area contributed by atoms with Gasteiger partial charge in [-0.3, -0.25) is 0 Å². The van der Waals surface area contributed by atoms with Crippen LogP contribution in [-0.2, 0) is 6.18 Å². The predicted molar refractivity (Wildman–Crippen MR) is 109 cm³/mol. The fourth-order valence-electron chi connectivity index (χ4n) is 2.85. The molecule has 0 aliphatic carbocycles. The lowest BCUT2D eigenvalue weighted by atomic mass is 10.1. The molecule has 1 heterocycles. The van der Waals surface area contributed by atoms with Gasteiger partial charge in [-0.05, 0) is 36.4 Å². The highest BCUT2D eigenvalue weighted by Gasteiger charge is 2.33. The lowest BCUT2D eigenvalue weighted by Crippen LogP contribution is -2.21. The van der Waals surface area contributed by atoms with Gasteiger partial charge in [-0.2, -0.15) is 13.2 Å². The first kappa shape index (κ1) is 18.9. The molecule has 1 aromatic heterocycles. The van der Waals surface area contributed by atoms with Crippen LogP contribution >= 0.6 is 11.3 Å². The molecule has 4 rings (SSSR count). The molecule has 0 unspecified atom stereocenters. The number of thiazole rings is 1. The smallest absolute Gasteiger partial charge is 0.308 e. The topological polar surface area (TPSA) is 54.0 Å². The molecule has 146 valence electrons. The number of rotatable bonds is 3. The van der Waals surface area contributed by atoms with Crippen LogP contribution in [0, 0.1) is 0 Å². The fourth-order valence-corrected chi connectivity index (χ4v) is 3.81. The van der Waals surface area contributed by atoms with E-state index in [4.69, 9.17) is 0 Å². The number of nitrogens with zero attached hydrogens (tertiary/aromatic N) is 1. The number of urea groups is 1. The molecule has 2 amide bonds. The molecular formula is C21H14F3N3OS. The molecule has 0 fully saturated rings. The number of para-hydroxylation sites is 2. The van der Waals surface area contributed by atoms with Gasteiger partial charge in [0.1, 0.15) is 5.01 Å². The van der Waals surface area contributed by atoms with E-state index in [2.05, 4.69) is 15.6 Å². The van der Waals surface area contributed by atoms with Crippen LogP contribution < -0.4 is 10.6 Å². The van der Waals surface area contributed by atoms with Crippen molar-refractivity contribution in [3.05, 3.63) is 78.4 Å². The summed E-state index contributed by atoms with van der Waals surface area (Å²) in [6.45, 7) is 0. The molecule has 2 N–H and O–H groups in total. The normalized spacial score (nSPS) is 11.4. The van der Waals surface area contributed by atoms with Gasteiger partial charge >= 0.3 is 12.2 Å². The Morgan fingerprint density at radius 2 is 1.66 bits per heavy atom. The molecule has 0 aliphatic rings. The number of halogens is 3. The van der Waals surface area contributed by atoms with Gasteiger partial charge in [-0.15, -0.1) is 11.3 Å². The van der Waals surface area contributed by atoms with Crippen LogP contribution in [0.2, 0.25) is 0 Å². The summed E-state index contributed by atoms with van der Waals surface area (Å²) in [5, 5.41) is 5.63. The summed E-state index contributed by atoms with van der Waals surface area (Å²) < 4.78 is 40.3. The standard InChI is InChI=1S/C21H14F3N3OS/c22-21(23,24)15-8-1-2-9-16(15)27-20(28)25-14-7-5-6-13(12-14)19-26-17-10-3-4-11-18(17)29-19/h1-12H,(H2,25,27,28). The van der Waals surface area contributed by atoms with Gasteiger partial charge in [-0.25, -0.2) is 9.78 Å². The SMILES string of the molecule is O=C(Nc1cccc(-c2nc3ccccc3s2)c1)Nc1ccccc1C(F)(F)F. The van der Waals surface area contributed by atoms with E-state index >= 15 is 0 Å². The van der Waals surface area contributed by atoms with Crippen LogP contribution in [0.25, 0.3) is 20.8 Å². The van der Waals surface area contributed by atoms with Gasteiger partial charge in [0.2, 0.25) is 0 Å². The molecule has 0 saturated carbocycles. The van der Waals surface area contributed by atoms with Crippen molar-refractivity contribution in [1.29, 1.82) is 0 Å². The lowest BCUT2D eigenvalue weighted by Gasteiger charge is -2.14. The number of hydrogen-bond donors (Lipinski definition) is 2. The molecule has 0 aliphatic heterocycles. The van der Waals surface area contributed by atoms with Crippen LogP contribution in [0.3, 0.4) is 0 Å². The first-order valence-corrected chi connectivity index (χ1v) is 9.42. The summed E-state index contributed by atoms with van der Waals surface area (Å²) in [5.41, 5.74) is 0.925. The summed E-state index contributed by atoms with van der Waals surface area (Å²) in [4.78, 5) is 16.8. The maximum absolute atomic E-state index is 13.1.